The topological polar surface area (TPSA) is 60.4 Å². The van der Waals surface area contributed by atoms with Gasteiger partial charge >= 0.3 is 0 Å². The molecule has 0 saturated carbocycles. The first-order valence-electron chi connectivity index (χ1n) is 6.27. The normalized spacial score (nSPS) is 12.2. The van der Waals surface area contributed by atoms with Gasteiger partial charge in [-0.3, -0.25) is 0 Å². The Kier molecular flexibility index (Phi) is 3.69. The number of hydrogen-bond acceptors (Lipinski definition) is 4. The molecule has 1 aromatic carbocycles. The van der Waals surface area contributed by atoms with Gasteiger partial charge in [0.1, 0.15) is 17.3 Å². The molecule has 2 rings (SSSR count). The third kappa shape index (κ3) is 3.02. The molecule has 1 aromatic heterocycles. The average molecular weight is 260 g/mol. The van der Waals surface area contributed by atoms with Gasteiger partial charge in [0, 0.05) is 29.1 Å². The highest BCUT2D eigenvalue weighted by molar-refractivity contribution is 5.60. The lowest BCUT2D eigenvalue weighted by Crippen LogP contribution is -2.07. The van der Waals surface area contributed by atoms with E-state index in [9.17, 15) is 0 Å². The Morgan fingerprint density at radius 1 is 1.21 bits per heavy atom. The summed E-state index contributed by atoms with van der Waals surface area (Å²) >= 11 is 0. The third-order valence-electron chi connectivity index (χ3n) is 3.09. The number of anilines is 2. The number of hydrogen-bond donors (Lipinski definition) is 2. The van der Waals surface area contributed by atoms with Gasteiger partial charge in [0.25, 0.3) is 0 Å². The van der Waals surface area contributed by atoms with E-state index in [1.54, 1.807) is 13.2 Å². The van der Waals surface area contributed by atoms with Gasteiger partial charge in [-0.15, -0.1) is 0 Å². The summed E-state index contributed by atoms with van der Waals surface area (Å²) in [5.41, 5.74) is 8.60. The molecule has 1 heterocycles. The van der Waals surface area contributed by atoms with Crippen LogP contribution in [0.5, 0.6) is 5.75 Å². The van der Waals surface area contributed by atoms with Crippen LogP contribution in [0.4, 0.5) is 11.4 Å². The Hall–Kier alpha value is -2.10. The molecule has 2 aromatic rings. The number of furan rings is 1. The highest BCUT2D eigenvalue weighted by Gasteiger charge is 2.13. The molecule has 0 fully saturated rings. The van der Waals surface area contributed by atoms with Gasteiger partial charge in [0.15, 0.2) is 0 Å². The molecule has 4 heteroatoms. The highest BCUT2D eigenvalue weighted by Crippen LogP contribution is 2.28. The third-order valence-corrected chi connectivity index (χ3v) is 3.09. The minimum atomic E-state index is 0.143. The van der Waals surface area contributed by atoms with E-state index in [0.717, 1.165) is 28.5 Å². The summed E-state index contributed by atoms with van der Waals surface area (Å²) < 4.78 is 10.8. The van der Waals surface area contributed by atoms with Crippen LogP contribution in [0, 0.1) is 13.8 Å². The van der Waals surface area contributed by atoms with Crippen LogP contribution < -0.4 is 15.8 Å². The molecule has 0 aliphatic heterocycles. The molecular formula is C15H20N2O2. The van der Waals surface area contributed by atoms with Gasteiger partial charge in [-0.05, 0) is 32.9 Å². The van der Waals surface area contributed by atoms with Gasteiger partial charge in [-0.1, -0.05) is 0 Å². The standard InChI is InChI=1S/C15H20N2O2/c1-9-5-15(11(3)19-9)10(2)17-13-6-12(16)7-14(8-13)18-4/h5-8,10,17H,16H2,1-4H3. The van der Waals surface area contributed by atoms with Crippen molar-refractivity contribution in [1.82, 2.24) is 0 Å². The van der Waals surface area contributed by atoms with Crippen LogP contribution >= 0.6 is 0 Å². The molecule has 0 saturated heterocycles. The quantitative estimate of drug-likeness (QED) is 0.824. The second-order valence-electron chi connectivity index (χ2n) is 4.73. The molecule has 0 amide bonds. The number of ether oxygens (including phenoxy) is 1. The maximum absolute atomic E-state index is 5.84. The van der Waals surface area contributed by atoms with Crippen LogP contribution in [0.1, 0.15) is 30.0 Å². The SMILES string of the molecule is COc1cc(N)cc(NC(C)c2cc(C)oc2C)c1. The Bertz CT molecular complexity index is 576. The zero-order valence-electron chi connectivity index (χ0n) is 11.8. The molecule has 1 unspecified atom stereocenters. The van der Waals surface area contributed by atoms with Crippen LogP contribution in [-0.4, -0.2) is 7.11 Å². The monoisotopic (exact) mass is 260 g/mol. The fourth-order valence-electron chi connectivity index (χ4n) is 2.23. The molecule has 0 radical (unpaired) electrons. The Labute approximate surface area is 113 Å². The second kappa shape index (κ2) is 5.26. The number of benzene rings is 1. The smallest absolute Gasteiger partial charge is 0.122 e. The summed E-state index contributed by atoms with van der Waals surface area (Å²) in [6, 6.07) is 7.81. The van der Waals surface area contributed by atoms with E-state index in [4.69, 9.17) is 14.9 Å². The van der Waals surface area contributed by atoms with Gasteiger partial charge in [-0.25, -0.2) is 0 Å². The molecular weight excluding hydrogens is 240 g/mol. The largest absolute Gasteiger partial charge is 0.497 e. The van der Waals surface area contributed by atoms with Crippen molar-refractivity contribution in [3.05, 3.63) is 41.3 Å². The van der Waals surface area contributed by atoms with Crippen LogP contribution in [0.3, 0.4) is 0 Å². The number of nitrogen functional groups attached to an aromatic ring is 1. The zero-order chi connectivity index (χ0) is 14.0. The molecule has 0 aliphatic rings. The molecule has 0 spiro atoms. The minimum absolute atomic E-state index is 0.143. The molecule has 4 nitrogen and oxygen atoms in total. The van der Waals surface area contributed by atoms with E-state index in [0.29, 0.717) is 5.69 Å². The summed E-state index contributed by atoms with van der Waals surface area (Å²) in [7, 11) is 1.63. The molecule has 19 heavy (non-hydrogen) atoms. The summed E-state index contributed by atoms with van der Waals surface area (Å²) in [6.07, 6.45) is 0. The molecule has 0 aliphatic carbocycles. The zero-order valence-corrected chi connectivity index (χ0v) is 11.8. The maximum atomic E-state index is 5.84. The van der Waals surface area contributed by atoms with Crippen LogP contribution in [0.2, 0.25) is 0 Å². The van der Waals surface area contributed by atoms with Crippen molar-refractivity contribution >= 4 is 11.4 Å². The Morgan fingerprint density at radius 3 is 2.53 bits per heavy atom. The molecule has 3 N–H and O–H groups in total. The van der Waals surface area contributed by atoms with Crippen LogP contribution in [-0.2, 0) is 0 Å². The van der Waals surface area contributed by atoms with E-state index >= 15 is 0 Å². The Balaban J connectivity index is 2.21. The number of nitrogens with two attached hydrogens (primary N) is 1. The number of methoxy groups -OCH3 is 1. The van der Waals surface area contributed by atoms with E-state index in [-0.39, 0.29) is 6.04 Å². The molecule has 102 valence electrons. The second-order valence-corrected chi connectivity index (χ2v) is 4.73. The number of aryl methyl sites for hydroxylation is 2. The van der Waals surface area contributed by atoms with Gasteiger partial charge in [0.2, 0.25) is 0 Å². The average Bonchev–Trinajstić information content (AvgIpc) is 2.67. The maximum Gasteiger partial charge on any atom is 0.122 e. The van der Waals surface area contributed by atoms with Crippen molar-refractivity contribution in [2.24, 2.45) is 0 Å². The van der Waals surface area contributed by atoms with E-state index < -0.39 is 0 Å². The summed E-state index contributed by atoms with van der Waals surface area (Å²) in [5.74, 6) is 2.61. The highest BCUT2D eigenvalue weighted by atomic mass is 16.5. The predicted octanol–water partition coefficient (Wildman–Crippen LogP) is 3.66. The number of rotatable bonds is 4. The van der Waals surface area contributed by atoms with E-state index in [1.807, 2.05) is 26.0 Å². The van der Waals surface area contributed by atoms with Crippen molar-refractivity contribution in [1.29, 1.82) is 0 Å². The summed E-state index contributed by atoms with van der Waals surface area (Å²) in [4.78, 5) is 0. The fraction of sp³-hybridized carbons (Fsp3) is 0.333. The van der Waals surface area contributed by atoms with Crippen molar-refractivity contribution in [2.75, 3.05) is 18.2 Å². The van der Waals surface area contributed by atoms with Crippen molar-refractivity contribution in [3.63, 3.8) is 0 Å². The number of nitrogens with one attached hydrogen (secondary N) is 1. The first kappa shape index (κ1) is 13.3. The van der Waals surface area contributed by atoms with Crippen molar-refractivity contribution in [2.45, 2.75) is 26.8 Å². The predicted molar refractivity (Wildman–Crippen MR) is 77.6 cm³/mol. The van der Waals surface area contributed by atoms with Gasteiger partial charge in [-0.2, -0.15) is 0 Å². The van der Waals surface area contributed by atoms with E-state index in [1.165, 1.54) is 0 Å². The first-order valence-corrected chi connectivity index (χ1v) is 6.27. The minimum Gasteiger partial charge on any atom is -0.497 e. The van der Waals surface area contributed by atoms with Gasteiger partial charge < -0.3 is 20.2 Å². The summed E-state index contributed by atoms with van der Waals surface area (Å²) in [6.45, 7) is 6.01. The lowest BCUT2D eigenvalue weighted by molar-refractivity contribution is 0.415. The van der Waals surface area contributed by atoms with Gasteiger partial charge in [0.05, 0.1) is 13.2 Å². The lowest BCUT2D eigenvalue weighted by atomic mass is 10.1. The fourth-order valence-corrected chi connectivity index (χ4v) is 2.23. The molecule has 1 atom stereocenters. The van der Waals surface area contributed by atoms with Crippen LogP contribution in [0.15, 0.2) is 28.7 Å². The van der Waals surface area contributed by atoms with Crippen LogP contribution in [0.25, 0.3) is 0 Å². The van der Waals surface area contributed by atoms with Crippen molar-refractivity contribution < 1.29 is 9.15 Å². The summed E-state index contributed by atoms with van der Waals surface area (Å²) in [5, 5.41) is 3.41. The van der Waals surface area contributed by atoms with E-state index in [2.05, 4.69) is 18.3 Å². The van der Waals surface area contributed by atoms with Crippen molar-refractivity contribution in [3.8, 4) is 5.75 Å². The lowest BCUT2D eigenvalue weighted by Gasteiger charge is -2.16. The first-order chi connectivity index (χ1) is 8.99. The Morgan fingerprint density at radius 2 is 1.95 bits per heavy atom. The molecule has 0 bridgehead atoms.